The van der Waals surface area contributed by atoms with E-state index < -0.39 is 0 Å². The van der Waals surface area contributed by atoms with Crippen LogP contribution < -0.4 is 10.6 Å². The minimum absolute atomic E-state index is 0.148. The summed E-state index contributed by atoms with van der Waals surface area (Å²) in [7, 11) is 3.63. The molecule has 6 heteroatoms. The van der Waals surface area contributed by atoms with Crippen LogP contribution in [0.15, 0.2) is 42.5 Å². The largest absolute Gasteiger partial charge is 0.323 e. The number of aromatic nitrogens is 1. The topological polar surface area (TPSA) is 74.3 Å². The molecule has 1 aromatic carbocycles. The van der Waals surface area contributed by atoms with Gasteiger partial charge in [0.2, 0.25) is 5.91 Å². The van der Waals surface area contributed by atoms with Crippen molar-refractivity contribution in [3.8, 4) is 0 Å². The van der Waals surface area contributed by atoms with Gasteiger partial charge in [-0.1, -0.05) is 18.2 Å². The number of nitrogens with one attached hydrogen (secondary N) is 2. The monoisotopic (exact) mass is 312 g/mol. The van der Waals surface area contributed by atoms with Gasteiger partial charge in [0.15, 0.2) is 0 Å². The summed E-state index contributed by atoms with van der Waals surface area (Å²) in [5, 5.41) is 5.58. The SMILES string of the molecule is Cc1cccc(C(=O)Nc2ccccc2NC(=O)CN(C)C)n1. The zero-order valence-corrected chi connectivity index (χ0v) is 13.5. The number of nitrogens with zero attached hydrogens (tertiary/aromatic N) is 2. The van der Waals surface area contributed by atoms with Crippen molar-refractivity contribution >= 4 is 23.2 Å². The molecule has 0 atom stereocenters. The molecule has 0 unspecified atom stereocenters. The van der Waals surface area contributed by atoms with Crippen LogP contribution in [0.25, 0.3) is 0 Å². The molecule has 0 saturated carbocycles. The van der Waals surface area contributed by atoms with Crippen LogP contribution in [0, 0.1) is 6.92 Å². The number of amides is 2. The molecule has 0 fully saturated rings. The molecule has 6 nitrogen and oxygen atoms in total. The number of carbonyl (C=O) groups is 2. The Morgan fingerprint density at radius 2 is 1.65 bits per heavy atom. The first-order valence-corrected chi connectivity index (χ1v) is 7.24. The van der Waals surface area contributed by atoms with Crippen LogP contribution in [0.2, 0.25) is 0 Å². The van der Waals surface area contributed by atoms with Crippen molar-refractivity contribution < 1.29 is 9.59 Å². The highest BCUT2D eigenvalue weighted by Crippen LogP contribution is 2.21. The second-order valence-corrected chi connectivity index (χ2v) is 5.45. The molecular weight excluding hydrogens is 292 g/mol. The number of likely N-dealkylation sites (N-methyl/N-ethyl adjacent to an activating group) is 1. The molecule has 0 aliphatic carbocycles. The number of rotatable bonds is 5. The normalized spacial score (nSPS) is 10.4. The maximum Gasteiger partial charge on any atom is 0.274 e. The maximum atomic E-state index is 12.3. The molecule has 120 valence electrons. The van der Waals surface area contributed by atoms with Gasteiger partial charge in [-0.3, -0.25) is 9.59 Å². The highest BCUT2D eigenvalue weighted by atomic mass is 16.2. The van der Waals surface area contributed by atoms with Gasteiger partial charge in [-0.2, -0.15) is 0 Å². The van der Waals surface area contributed by atoms with Gasteiger partial charge in [-0.05, 0) is 45.3 Å². The van der Waals surface area contributed by atoms with Gasteiger partial charge >= 0.3 is 0 Å². The van der Waals surface area contributed by atoms with Gasteiger partial charge in [0.1, 0.15) is 5.69 Å². The van der Waals surface area contributed by atoms with E-state index >= 15 is 0 Å². The van der Waals surface area contributed by atoms with E-state index in [0.29, 0.717) is 17.1 Å². The van der Waals surface area contributed by atoms with Crippen molar-refractivity contribution in [3.63, 3.8) is 0 Å². The molecule has 23 heavy (non-hydrogen) atoms. The molecule has 0 aliphatic rings. The first kappa shape index (κ1) is 16.6. The predicted molar refractivity (Wildman–Crippen MR) is 90.6 cm³/mol. The predicted octanol–water partition coefficient (Wildman–Crippen LogP) is 2.14. The number of benzene rings is 1. The van der Waals surface area contributed by atoms with Crippen molar-refractivity contribution in [2.75, 3.05) is 31.3 Å². The number of pyridine rings is 1. The van der Waals surface area contributed by atoms with Crippen LogP contribution in [0.3, 0.4) is 0 Å². The smallest absolute Gasteiger partial charge is 0.274 e. The standard InChI is InChI=1S/C17H20N4O2/c1-12-7-6-10-15(18-12)17(23)20-14-9-5-4-8-13(14)19-16(22)11-21(2)3/h4-10H,11H2,1-3H3,(H,19,22)(H,20,23). The third kappa shape index (κ3) is 4.89. The molecule has 0 radical (unpaired) electrons. The van der Waals surface area contributed by atoms with E-state index in [9.17, 15) is 9.59 Å². The molecular formula is C17H20N4O2. The van der Waals surface area contributed by atoms with Crippen LogP contribution in [0.5, 0.6) is 0 Å². The van der Waals surface area contributed by atoms with Gasteiger partial charge in [-0.15, -0.1) is 0 Å². The summed E-state index contributed by atoms with van der Waals surface area (Å²) >= 11 is 0. The Balaban J connectivity index is 2.14. The third-order valence-electron chi connectivity index (χ3n) is 3.03. The van der Waals surface area contributed by atoms with E-state index in [0.717, 1.165) is 5.69 Å². The van der Waals surface area contributed by atoms with Gasteiger partial charge in [0.05, 0.1) is 17.9 Å². The zero-order chi connectivity index (χ0) is 16.8. The number of anilines is 2. The van der Waals surface area contributed by atoms with Crippen molar-refractivity contribution in [1.82, 2.24) is 9.88 Å². The first-order valence-electron chi connectivity index (χ1n) is 7.24. The van der Waals surface area contributed by atoms with Gasteiger partial charge in [0, 0.05) is 5.69 Å². The number of hydrogen-bond donors (Lipinski definition) is 2. The molecule has 2 N–H and O–H groups in total. The molecule has 0 bridgehead atoms. The third-order valence-corrected chi connectivity index (χ3v) is 3.03. The molecule has 0 aliphatic heterocycles. The number of para-hydroxylation sites is 2. The molecule has 2 aromatic rings. The van der Waals surface area contributed by atoms with E-state index in [1.165, 1.54) is 0 Å². The summed E-state index contributed by atoms with van der Waals surface area (Å²) in [6.07, 6.45) is 0. The van der Waals surface area contributed by atoms with Gasteiger partial charge in [0.25, 0.3) is 5.91 Å². The Hall–Kier alpha value is -2.73. The molecule has 1 heterocycles. The van der Waals surface area contributed by atoms with Crippen LogP contribution in [0.1, 0.15) is 16.2 Å². The average Bonchev–Trinajstić information content (AvgIpc) is 2.48. The molecule has 2 rings (SSSR count). The summed E-state index contributed by atoms with van der Waals surface area (Å²) in [6, 6.07) is 12.3. The fourth-order valence-corrected chi connectivity index (χ4v) is 2.03. The average molecular weight is 312 g/mol. The number of carbonyl (C=O) groups excluding carboxylic acids is 2. The van der Waals surface area contributed by atoms with Crippen LogP contribution in [0.4, 0.5) is 11.4 Å². The zero-order valence-electron chi connectivity index (χ0n) is 13.5. The Morgan fingerprint density at radius 3 is 2.26 bits per heavy atom. The van der Waals surface area contributed by atoms with Crippen molar-refractivity contribution in [2.24, 2.45) is 0 Å². The highest BCUT2D eigenvalue weighted by Gasteiger charge is 2.12. The van der Waals surface area contributed by atoms with E-state index in [1.807, 2.05) is 27.1 Å². The maximum absolute atomic E-state index is 12.3. The first-order chi connectivity index (χ1) is 11.0. The Morgan fingerprint density at radius 1 is 1.00 bits per heavy atom. The van der Waals surface area contributed by atoms with E-state index in [1.54, 1.807) is 41.3 Å². The highest BCUT2D eigenvalue weighted by molar-refractivity contribution is 6.06. The Bertz CT molecular complexity index is 713. The minimum atomic E-state index is -0.317. The van der Waals surface area contributed by atoms with Crippen LogP contribution in [-0.2, 0) is 4.79 Å². The minimum Gasteiger partial charge on any atom is -0.323 e. The summed E-state index contributed by atoms with van der Waals surface area (Å²) in [5.74, 6) is -0.464. The van der Waals surface area contributed by atoms with Gasteiger partial charge < -0.3 is 15.5 Å². The van der Waals surface area contributed by atoms with E-state index in [2.05, 4.69) is 15.6 Å². The lowest BCUT2D eigenvalue weighted by Crippen LogP contribution is -2.27. The number of aryl methyl sites for hydroxylation is 1. The summed E-state index contributed by atoms with van der Waals surface area (Å²) in [6.45, 7) is 2.09. The van der Waals surface area contributed by atoms with Crippen molar-refractivity contribution in [1.29, 1.82) is 0 Å². The Labute approximate surface area is 135 Å². The van der Waals surface area contributed by atoms with Crippen molar-refractivity contribution in [2.45, 2.75) is 6.92 Å². The quantitative estimate of drug-likeness (QED) is 0.887. The van der Waals surface area contributed by atoms with E-state index in [-0.39, 0.29) is 18.4 Å². The molecule has 0 spiro atoms. The van der Waals surface area contributed by atoms with Crippen LogP contribution in [-0.4, -0.2) is 42.3 Å². The second-order valence-electron chi connectivity index (χ2n) is 5.45. The fourth-order valence-electron chi connectivity index (χ4n) is 2.03. The molecule has 0 saturated heterocycles. The van der Waals surface area contributed by atoms with Crippen molar-refractivity contribution in [3.05, 3.63) is 53.9 Å². The summed E-state index contributed by atoms with van der Waals surface area (Å²) < 4.78 is 0. The second kappa shape index (κ2) is 7.51. The fraction of sp³-hybridized carbons (Fsp3) is 0.235. The molecule has 2 amide bonds. The number of hydrogen-bond acceptors (Lipinski definition) is 4. The summed E-state index contributed by atoms with van der Waals surface area (Å²) in [5.41, 5.74) is 2.19. The lowest BCUT2D eigenvalue weighted by Gasteiger charge is -2.14. The Kier molecular flexibility index (Phi) is 5.43. The van der Waals surface area contributed by atoms with E-state index in [4.69, 9.17) is 0 Å². The van der Waals surface area contributed by atoms with Gasteiger partial charge in [-0.25, -0.2) is 4.98 Å². The lowest BCUT2D eigenvalue weighted by atomic mass is 10.2. The van der Waals surface area contributed by atoms with Crippen LogP contribution >= 0.6 is 0 Å². The summed E-state index contributed by atoms with van der Waals surface area (Å²) in [4.78, 5) is 30.1. The lowest BCUT2D eigenvalue weighted by molar-refractivity contribution is -0.116. The molecule has 1 aromatic heterocycles.